The maximum atomic E-state index is 13.0. The highest BCUT2D eigenvalue weighted by atomic mass is 16.7. The molecule has 156 valence electrons. The Bertz CT molecular complexity index is 759. The van der Waals surface area contributed by atoms with E-state index in [2.05, 4.69) is 46.6 Å². The van der Waals surface area contributed by atoms with Crippen LogP contribution in [0.3, 0.4) is 0 Å². The number of benzene rings is 2. The summed E-state index contributed by atoms with van der Waals surface area (Å²) < 4.78 is 0. The van der Waals surface area contributed by atoms with Crippen LogP contribution in [0.25, 0.3) is 11.1 Å². The number of nitrogens with two attached hydrogens (primary N) is 1. The molecule has 0 amide bonds. The summed E-state index contributed by atoms with van der Waals surface area (Å²) in [5.41, 5.74) is 3.41. The fourth-order valence-corrected chi connectivity index (χ4v) is 3.43. The van der Waals surface area contributed by atoms with Crippen LogP contribution in [-0.2, 0) is 21.0 Å². The zero-order chi connectivity index (χ0) is 21.1. The Hall–Kier alpha value is -2.50. The van der Waals surface area contributed by atoms with Gasteiger partial charge in [-0.25, -0.2) is 4.79 Å². The van der Waals surface area contributed by atoms with Gasteiger partial charge in [0.2, 0.25) is 0 Å². The molecule has 2 unspecified atom stereocenters. The predicted molar refractivity (Wildman–Crippen MR) is 116 cm³/mol. The minimum atomic E-state index is -0.801. The molecule has 0 saturated carbocycles. The van der Waals surface area contributed by atoms with E-state index in [1.165, 1.54) is 5.56 Å². The zero-order valence-corrected chi connectivity index (χ0v) is 17.4. The van der Waals surface area contributed by atoms with E-state index in [9.17, 15) is 9.59 Å². The van der Waals surface area contributed by atoms with Crippen molar-refractivity contribution in [2.24, 2.45) is 11.8 Å². The lowest BCUT2D eigenvalue weighted by Crippen LogP contribution is -2.43. The highest BCUT2D eigenvalue weighted by Gasteiger charge is 2.32. The van der Waals surface area contributed by atoms with Gasteiger partial charge in [-0.2, -0.15) is 5.90 Å². The summed E-state index contributed by atoms with van der Waals surface area (Å²) in [5, 5.41) is 3.33. The number of carbonyl (C=O) groups excluding carboxylic acids is 2. The van der Waals surface area contributed by atoms with Gasteiger partial charge in [-0.05, 0) is 29.5 Å². The van der Waals surface area contributed by atoms with Gasteiger partial charge >= 0.3 is 5.97 Å². The Morgan fingerprint density at radius 2 is 1.59 bits per heavy atom. The first kappa shape index (κ1) is 22.8. The van der Waals surface area contributed by atoms with Gasteiger partial charge in [0.15, 0.2) is 5.78 Å². The van der Waals surface area contributed by atoms with Gasteiger partial charge in [0, 0.05) is 6.54 Å². The Balaban J connectivity index is 2.03. The second kappa shape index (κ2) is 12.1. The third kappa shape index (κ3) is 6.80. The molecule has 0 aliphatic rings. The van der Waals surface area contributed by atoms with E-state index < -0.39 is 17.9 Å². The van der Waals surface area contributed by atoms with E-state index in [1.807, 2.05) is 32.0 Å². The van der Waals surface area contributed by atoms with Crippen LogP contribution in [0.4, 0.5) is 0 Å². The molecule has 0 heterocycles. The van der Waals surface area contributed by atoms with Crippen LogP contribution in [0.15, 0.2) is 54.6 Å². The third-order valence-electron chi connectivity index (χ3n) is 5.12. The number of carbonyl (C=O) groups is 2. The van der Waals surface area contributed by atoms with Crippen molar-refractivity contribution in [1.29, 1.82) is 0 Å². The normalized spacial score (nSPS) is 12.9. The van der Waals surface area contributed by atoms with Crippen LogP contribution < -0.4 is 11.2 Å². The van der Waals surface area contributed by atoms with Crippen LogP contribution in [0.5, 0.6) is 0 Å². The average molecular weight is 397 g/mol. The molecule has 5 nitrogen and oxygen atoms in total. The number of rotatable bonds is 12. The maximum absolute atomic E-state index is 13.0. The Morgan fingerprint density at radius 1 is 0.931 bits per heavy atom. The number of Topliss-reactive ketones (excluding diaryl/α,β-unsaturated/α-hetero) is 1. The van der Waals surface area contributed by atoms with E-state index in [1.54, 1.807) is 0 Å². The van der Waals surface area contributed by atoms with Crippen molar-refractivity contribution in [1.82, 2.24) is 5.32 Å². The molecular weight excluding hydrogens is 364 g/mol. The molecule has 0 fully saturated rings. The molecule has 5 heteroatoms. The number of nitrogens with one attached hydrogen (secondary N) is 1. The molecule has 0 bridgehead atoms. The Labute approximate surface area is 173 Å². The molecule has 2 atom stereocenters. The number of unbranched alkanes of at least 4 members (excludes halogenated alkanes) is 1. The van der Waals surface area contributed by atoms with Gasteiger partial charge in [0.05, 0.1) is 6.04 Å². The average Bonchev–Trinajstić information content (AvgIpc) is 2.77. The molecule has 3 N–H and O–H groups in total. The first-order valence-corrected chi connectivity index (χ1v) is 10.4. The van der Waals surface area contributed by atoms with Crippen LogP contribution in [0.1, 0.15) is 51.5 Å². The topological polar surface area (TPSA) is 81.4 Å². The smallest absolute Gasteiger partial charge is 0.334 e. The second-order valence-electron chi connectivity index (χ2n) is 7.32. The van der Waals surface area contributed by atoms with Crippen molar-refractivity contribution >= 4 is 11.8 Å². The van der Waals surface area contributed by atoms with Gasteiger partial charge in [-0.1, -0.05) is 87.7 Å². The summed E-state index contributed by atoms with van der Waals surface area (Å²) >= 11 is 0. The Morgan fingerprint density at radius 3 is 2.17 bits per heavy atom. The Kier molecular flexibility index (Phi) is 9.54. The van der Waals surface area contributed by atoms with Crippen molar-refractivity contribution in [3.8, 4) is 11.1 Å². The van der Waals surface area contributed by atoms with Gasteiger partial charge in [0.1, 0.15) is 5.92 Å². The predicted octanol–water partition coefficient (Wildman–Crippen LogP) is 4.40. The van der Waals surface area contributed by atoms with Crippen molar-refractivity contribution in [3.63, 3.8) is 0 Å². The lowest BCUT2D eigenvalue weighted by atomic mass is 9.91. The van der Waals surface area contributed by atoms with Crippen molar-refractivity contribution in [2.45, 2.75) is 58.5 Å². The number of hydrogen-bond acceptors (Lipinski definition) is 5. The summed E-state index contributed by atoms with van der Waals surface area (Å²) in [7, 11) is 0. The highest BCUT2D eigenvalue weighted by molar-refractivity contribution is 6.01. The summed E-state index contributed by atoms with van der Waals surface area (Å²) in [4.78, 5) is 29.4. The first-order valence-electron chi connectivity index (χ1n) is 10.4. The van der Waals surface area contributed by atoms with E-state index in [-0.39, 0.29) is 5.78 Å². The summed E-state index contributed by atoms with van der Waals surface area (Å²) in [5.74, 6) is 3.49. The van der Waals surface area contributed by atoms with Crippen molar-refractivity contribution in [3.05, 3.63) is 60.2 Å². The van der Waals surface area contributed by atoms with Crippen LogP contribution in [0, 0.1) is 5.92 Å². The molecule has 2 aromatic rings. The third-order valence-corrected chi connectivity index (χ3v) is 5.12. The fraction of sp³-hybridized carbons (Fsp3) is 0.417. The molecule has 0 aromatic heterocycles. The summed E-state index contributed by atoms with van der Waals surface area (Å²) in [6, 6.07) is 18.1. The minimum absolute atomic E-state index is 0.128. The largest absolute Gasteiger partial charge is 0.373 e. The molecule has 29 heavy (non-hydrogen) atoms. The van der Waals surface area contributed by atoms with E-state index in [0.29, 0.717) is 19.4 Å². The first-order chi connectivity index (χ1) is 14.1. The number of ketones is 1. The quantitative estimate of drug-likeness (QED) is 0.410. The monoisotopic (exact) mass is 396 g/mol. The molecule has 0 aliphatic carbocycles. The summed E-state index contributed by atoms with van der Waals surface area (Å²) in [6.07, 6.45) is 3.67. The highest BCUT2D eigenvalue weighted by Crippen LogP contribution is 2.20. The summed E-state index contributed by atoms with van der Waals surface area (Å²) in [6.45, 7) is 4.61. The molecule has 2 aromatic carbocycles. The van der Waals surface area contributed by atoms with Crippen molar-refractivity contribution < 1.29 is 14.4 Å². The molecular formula is C24H32N2O3. The maximum Gasteiger partial charge on any atom is 0.334 e. The second-order valence-corrected chi connectivity index (χ2v) is 7.32. The zero-order valence-electron chi connectivity index (χ0n) is 17.4. The van der Waals surface area contributed by atoms with E-state index in [4.69, 9.17) is 5.90 Å². The van der Waals surface area contributed by atoms with Crippen molar-refractivity contribution in [2.75, 3.05) is 0 Å². The van der Waals surface area contributed by atoms with Gasteiger partial charge in [0.25, 0.3) is 0 Å². The van der Waals surface area contributed by atoms with Crippen LogP contribution >= 0.6 is 0 Å². The number of hydrogen-bond donors (Lipinski definition) is 2. The van der Waals surface area contributed by atoms with Gasteiger partial charge in [-0.15, -0.1) is 0 Å². The molecule has 0 radical (unpaired) electrons. The lowest BCUT2D eigenvalue weighted by Gasteiger charge is -2.22. The minimum Gasteiger partial charge on any atom is -0.373 e. The van der Waals surface area contributed by atoms with E-state index >= 15 is 0 Å². The van der Waals surface area contributed by atoms with Crippen LogP contribution in [-0.4, -0.2) is 17.8 Å². The molecule has 0 spiro atoms. The van der Waals surface area contributed by atoms with Gasteiger partial charge in [-0.3, -0.25) is 4.79 Å². The van der Waals surface area contributed by atoms with Crippen LogP contribution in [0.2, 0.25) is 0 Å². The fourth-order valence-electron chi connectivity index (χ4n) is 3.43. The SMILES string of the molecule is CCCCC(C(=O)ON)C(=O)C(CCC)NCc1ccc(-c2ccccc2)cc1. The molecule has 0 aliphatic heterocycles. The van der Waals surface area contributed by atoms with E-state index in [0.717, 1.165) is 30.4 Å². The standard InChI is InChI=1S/C24H32N2O3/c1-3-5-12-21(24(28)29-25)23(27)22(9-4-2)26-17-18-13-15-20(16-14-18)19-10-7-6-8-11-19/h6-8,10-11,13-16,21-22,26H,3-5,9,12,17,25H2,1-2H3. The lowest BCUT2D eigenvalue weighted by molar-refractivity contribution is -0.153. The molecule has 0 saturated heterocycles. The molecule has 2 rings (SSSR count). The van der Waals surface area contributed by atoms with Gasteiger partial charge < -0.3 is 10.2 Å².